The van der Waals surface area contributed by atoms with Crippen molar-refractivity contribution in [2.45, 2.75) is 38.6 Å². The molecule has 172 valence electrons. The quantitative estimate of drug-likeness (QED) is 0.538. The van der Waals surface area contributed by atoms with Gasteiger partial charge >= 0.3 is 5.97 Å². The van der Waals surface area contributed by atoms with E-state index in [0.29, 0.717) is 16.7 Å². The molecule has 33 heavy (non-hydrogen) atoms. The lowest BCUT2D eigenvalue weighted by atomic mass is 10.1. The Morgan fingerprint density at radius 1 is 1.12 bits per heavy atom. The Hall–Kier alpha value is -3.53. The van der Waals surface area contributed by atoms with E-state index in [1.54, 1.807) is 6.92 Å². The van der Waals surface area contributed by atoms with E-state index < -0.39 is 11.5 Å². The van der Waals surface area contributed by atoms with E-state index >= 15 is 0 Å². The summed E-state index contributed by atoms with van der Waals surface area (Å²) >= 11 is 0. The predicted octanol–water partition coefficient (Wildman–Crippen LogP) is 2.46. The zero-order chi connectivity index (χ0) is 22.9. The fraction of sp³-hybridized carbons (Fsp3) is 0.435. The minimum atomic E-state index is -1.25. The molecular formula is C23H27N7O3. The number of carbonyl (C=O) groups is 1. The number of piperazine rings is 1. The zero-order valence-corrected chi connectivity index (χ0v) is 18.5. The van der Waals surface area contributed by atoms with Crippen molar-refractivity contribution in [1.29, 1.82) is 0 Å². The van der Waals surface area contributed by atoms with Crippen LogP contribution in [0.4, 0.5) is 17.3 Å². The van der Waals surface area contributed by atoms with Crippen LogP contribution in [0.1, 0.15) is 47.6 Å². The number of hydrogen-bond donors (Lipinski definition) is 3. The highest BCUT2D eigenvalue weighted by atomic mass is 16.4. The smallest absolute Gasteiger partial charge is 0.341 e. The molecule has 1 aliphatic carbocycles. The molecule has 10 nitrogen and oxygen atoms in total. The molecule has 0 amide bonds. The first kappa shape index (κ1) is 21.3. The number of pyridine rings is 1. The van der Waals surface area contributed by atoms with Gasteiger partial charge in [-0.05, 0) is 44.0 Å². The van der Waals surface area contributed by atoms with Crippen LogP contribution >= 0.6 is 0 Å². The van der Waals surface area contributed by atoms with E-state index in [4.69, 9.17) is 0 Å². The maximum Gasteiger partial charge on any atom is 0.341 e. The Morgan fingerprint density at radius 3 is 2.48 bits per heavy atom. The van der Waals surface area contributed by atoms with E-state index in [-0.39, 0.29) is 17.6 Å². The van der Waals surface area contributed by atoms with Crippen molar-refractivity contribution in [2.75, 3.05) is 36.4 Å². The van der Waals surface area contributed by atoms with Crippen LogP contribution in [0.25, 0.3) is 11.2 Å². The minimum absolute atomic E-state index is 0.0819. The zero-order valence-electron chi connectivity index (χ0n) is 18.5. The highest BCUT2D eigenvalue weighted by Gasteiger charge is 2.27. The van der Waals surface area contributed by atoms with Gasteiger partial charge in [0.05, 0.1) is 0 Å². The lowest BCUT2D eigenvalue weighted by Crippen LogP contribution is -2.43. The molecule has 1 aliphatic heterocycles. The van der Waals surface area contributed by atoms with E-state index in [9.17, 15) is 14.7 Å². The average Bonchev–Trinajstić information content (AvgIpc) is 3.34. The fourth-order valence-corrected chi connectivity index (χ4v) is 4.84. The van der Waals surface area contributed by atoms with Gasteiger partial charge in [-0.3, -0.25) is 9.36 Å². The van der Waals surface area contributed by atoms with Crippen LogP contribution in [-0.4, -0.2) is 57.0 Å². The van der Waals surface area contributed by atoms with E-state index in [1.807, 2.05) is 12.1 Å². The van der Waals surface area contributed by atoms with Gasteiger partial charge in [-0.1, -0.05) is 12.8 Å². The number of nitrogens with zero attached hydrogens (tertiary/aromatic N) is 5. The van der Waals surface area contributed by atoms with Gasteiger partial charge in [0.25, 0.3) is 5.56 Å². The number of carboxylic acid groups (broad SMARTS) is 1. The van der Waals surface area contributed by atoms with Crippen molar-refractivity contribution in [3.63, 3.8) is 0 Å². The fourth-order valence-electron chi connectivity index (χ4n) is 4.84. The van der Waals surface area contributed by atoms with Crippen molar-refractivity contribution >= 4 is 34.5 Å². The van der Waals surface area contributed by atoms with E-state index in [2.05, 4.69) is 42.8 Å². The van der Waals surface area contributed by atoms with Gasteiger partial charge in [0.1, 0.15) is 11.1 Å². The topological polar surface area (TPSA) is 125 Å². The minimum Gasteiger partial charge on any atom is -0.477 e. The highest BCUT2D eigenvalue weighted by Crippen LogP contribution is 2.31. The van der Waals surface area contributed by atoms with Crippen LogP contribution in [0.3, 0.4) is 0 Å². The standard InChI is InChI=1S/C23H27N7O3/c1-14-18(22(32)33)21(31)30(17-4-2-3-5-17)20-19(14)27-28-23(26-20)25-15-6-8-16(9-7-15)29-12-10-24-11-13-29/h6-9,17,24H,2-5,10-13H2,1H3,(H,32,33)(H,25,26,28). The molecule has 2 aromatic heterocycles. The maximum absolute atomic E-state index is 13.2. The van der Waals surface area contributed by atoms with Gasteiger partial charge in [-0.25, -0.2) is 4.79 Å². The molecule has 5 rings (SSSR count). The second kappa shape index (κ2) is 8.78. The molecule has 0 atom stereocenters. The van der Waals surface area contributed by atoms with E-state index in [0.717, 1.165) is 63.2 Å². The van der Waals surface area contributed by atoms with Gasteiger partial charge in [0.2, 0.25) is 5.95 Å². The first-order valence-corrected chi connectivity index (χ1v) is 11.4. The number of benzene rings is 1. The molecule has 10 heteroatoms. The molecule has 1 aromatic carbocycles. The summed E-state index contributed by atoms with van der Waals surface area (Å²) in [5.41, 5.74) is 2.21. The van der Waals surface area contributed by atoms with Crippen molar-refractivity contribution in [3.8, 4) is 0 Å². The van der Waals surface area contributed by atoms with Crippen molar-refractivity contribution in [3.05, 3.63) is 45.7 Å². The van der Waals surface area contributed by atoms with Crippen LogP contribution < -0.4 is 21.1 Å². The Labute approximate surface area is 190 Å². The van der Waals surface area contributed by atoms with Crippen LogP contribution in [0.5, 0.6) is 0 Å². The first-order valence-electron chi connectivity index (χ1n) is 11.4. The molecule has 2 fully saturated rings. The second-order valence-corrected chi connectivity index (χ2v) is 8.64. The number of rotatable bonds is 5. The molecule has 3 N–H and O–H groups in total. The summed E-state index contributed by atoms with van der Waals surface area (Å²) in [5.74, 6) is -0.981. The number of carboxylic acids is 1. The summed E-state index contributed by atoms with van der Waals surface area (Å²) in [6.45, 7) is 5.48. The average molecular weight is 450 g/mol. The van der Waals surface area contributed by atoms with Gasteiger partial charge in [-0.2, -0.15) is 4.98 Å². The molecule has 0 spiro atoms. The Balaban J connectivity index is 1.51. The molecule has 0 radical (unpaired) electrons. The van der Waals surface area contributed by atoms with Gasteiger partial charge in [-0.15, -0.1) is 10.2 Å². The SMILES string of the molecule is Cc1c(C(=O)O)c(=O)n(C2CCCC2)c2nc(Nc3ccc(N4CCNCC4)cc3)nnc12. The number of fused-ring (bicyclic) bond motifs is 1. The Morgan fingerprint density at radius 2 is 1.82 bits per heavy atom. The third kappa shape index (κ3) is 4.02. The summed E-state index contributed by atoms with van der Waals surface area (Å²) in [4.78, 5) is 31.9. The second-order valence-electron chi connectivity index (χ2n) is 8.64. The first-order chi connectivity index (χ1) is 16.0. The molecule has 3 aromatic rings. The van der Waals surface area contributed by atoms with E-state index in [1.165, 1.54) is 4.57 Å². The van der Waals surface area contributed by atoms with Crippen LogP contribution in [0, 0.1) is 6.92 Å². The number of nitrogens with one attached hydrogen (secondary N) is 2. The maximum atomic E-state index is 13.2. The molecule has 1 saturated carbocycles. The van der Waals surface area contributed by atoms with Crippen LogP contribution in [0.15, 0.2) is 29.1 Å². The molecule has 3 heterocycles. The van der Waals surface area contributed by atoms with Crippen molar-refractivity contribution < 1.29 is 9.90 Å². The third-order valence-electron chi connectivity index (χ3n) is 6.57. The van der Waals surface area contributed by atoms with Crippen molar-refractivity contribution in [2.24, 2.45) is 0 Å². The lowest BCUT2D eigenvalue weighted by Gasteiger charge is -2.29. The Bertz CT molecular complexity index is 1240. The number of aromatic carboxylic acids is 1. The third-order valence-corrected chi connectivity index (χ3v) is 6.57. The summed E-state index contributed by atoms with van der Waals surface area (Å²) in [5, 5.41) is 24.6. The lowest BCUT2D eigenvalue weighted by molar-refractivity contribution is 0.0693. The molecule has 0 bridgehead atoms. The number of aromatic nitrogens is 4. The van der Waals surface area contributed by atoms with Gasteiger partial charge in [0, 0.05) is 49.2 Å². The largest absolute Gasteiger partial charge is 0.477 e. The van der Waals surface area contributed by atoms with Crippen molar-refractivity contribution in [1.82, 2.24) is 25.1 Å². The normalized spacial score (nSPS) is 16.9. The summed E-state index contributed by atoms with van der Waals surface area (Å²) in [7, 11) is 0. The molecule has 2 aliphatic rings. The van der Waals surface area contributed by atoms with Gasteiger partial charge < -0.3 is 20.6 Å². The summed E-state index contributed by atoms with van der Waals surface area (Å²) in [6, 6.07) is 7.96. The van der Waals surface area contributed by atoms with Gasteiger partial charge in [0.15, 0.2) is 5.65 Å². The molecule has 1 saturated heterocycles. The number of hydrogen-bond acceptors (Lipinski definition) is 8. The number of aryl methyl sites for hydroxylation is 1. The highest BCUT2D eigenvalue weighted by molar-refractivity contribution is 5.94. The Kier molecular flexibility index (Phi) is 5.67. The number of anilines is 3. The van der Waals surface area contributed by atoms with Crippen LogP contribution in [0.2, 0.25) is 0 Å². The summed E-state index contributed by atoms with van der Waals surface area (Å²) in [6.07, 6.45) is 3.63. The summed E-state index contributed by atoms with van der Waals surface area (Å²) < 4.78 is 1.52. The van der Waals surface area contributed by atoms with Crippen LogP contribution in [-0.2, 0) is 0 Å². The molecular weight excluding hydrogens is 422 g/mol. The predicted molar refractivity (Wildman–Crippen MR) is 126 cm³/mol. The molecule has 0 unspecified atom stereocenters. The monoisotopic (exact) mass is 449 g/mol.